The van der Waals surface area contributed by atoms with Crippen LogP contribution >= 0.6 is 0 Å². The van der Waals surface area contributed by atoms with Gasteiger partial charge in [-0.3, -0.25) is 4.79 Å². The minimum Gasteiger partial charge on any atom is -0.359 e. The molecule has 0 radical (unpaired) electrons. The molecule has 2 aliphatic rings. The number of hydrogen-bond acceptors (Lipinski definition) is 4. The predicted molar refractivity (Wildman–Crippen MR) is 114 cm³/mol. The minimum absolute atomic E-state index is 0.0474. The van der Waals surface area contributed by atoms with Crippen LogP contribution in [0.15, 0.2) is 35.3 Å². The molecule has 4 N–H and O–H groups in total. The van der Waals surface area contributed by atoms with Crippen LogP contribution in [0.3, 0.4) is 0 Å². The summed E-state index contributed by atoms with van der Waals surface area (Å²) in [7, 11) is 1.76. The van der Waals surface area contributed by atoms with Gasteiger partial charge >= 0.3 is 0 Å². The maximum atomic E-state index is 12.7. The third kappa shape index (κ3) is 5.48. The summed E-state index contributed by atoms with van der Waals surface area (Å²) in [6, 6.07) is 10.8. The van der Waals surface area contributed by atoms with Crippen LogP contribution < -0.4 is 21.3 Å². The molecule has 29 heavy (non-hydrogen) atoms. The molecule has 1 amide bonds. The van der Waals surface area contributed by atoms with Crippen LogP contribution in [-0.2, 0) is 10.2 Å². The van der Waals surface area contributed by atoms with E-state index in [9.17, 15) is 4.79 Å². The van der Waals surface area contributed by atoms with E-state index in [4.69, 9.17) is 5.26 Å². The SMILES string of the molecule is CN/C(=N\C#N)N[C@H]1CC[C@](CNC(=O)C2CCNCC2)(c2ccccc2)CC1. The normalized spacial score (nSPS) is 25.7. The number of aliphatic imine (C=N–C) groups is 1. The monoisotopic (exact) mass is 396 g/mol. The Morgan fingerprint density at radius 2 is 1.90 bits per heavy atom. The lowest BCUT2D eigenvalue weighted by Gasteiger charge is -2.41. The average molecular weight is 397 g/mol. The molecule has 1 aromatic carbocycles. The number of carbonyl (C=O) groups excluding carboxylic acids is 1. The lowest BCUT2D eigenvalue weighted by Crippen LogP contribution is -2.50. The Kier molecular flexibility index (Phi) is 7.48. The predicted octanol–water partition coefficient (Wildman–Crippen LogP) is 1.63. The van der Waals surface area contributed by atoms with Crippen molar-refractivity contribution in [2.75, 3.05) is 26.7 Å². The smallest absolute Gasteiger partial charge is 0.223 e. The number of carbonyl (C=O) groups is 1. The summed E-state index contributed by atoms with van der Waals surface area (Å²) in [5.41, 5.74) is 1.25. The molecular weight excluding hydrogens is 364 g/mol. The molecule has 2 fully saturated rings. The Morgan fingerprint density at radius 1 is 1.21 bits per heavy atom. The number of nitrogens with one attached hydrogen (secondary N) is 4. The van der Waals surface area contributed by atoms with E-state index in [2.05, 4.69) is 50.5 Å². The maximum absolute atomic E-state index is 12.7. The number of nitriles is 1. The molecule has 156 valence electrons. The second-order valence-electron chi connectivity index (χ2n) is 8.12. The average Bonchev–Trinajstić information content (AvgIpc) is 2.79. The van der Waals surface area contributed by atoms with Gasteiger partial charge in [0.1, 0.15) is 0 Å². The lowest BCUT2D eigenvalue weighted by molar-refractivity contribution is -0.126. The molecule has 1 aliphatic carbocycles. The van der Waals surface area contributed by atoms with Gasteiger partial charge < -0.3 is 21.3 Å². The molecule has 1 saturated heterocycles. The van der Waals surface area contributed by atoms with E-state index in [1.807, 2.05) is 12.3 Å². The Morgan fingerprint density at radius 3 is 2.52 bits per heavy atom. The van der Waals surface area contributed by atoms with Crippen LogP contribution in [0.5, 0.6) is 0 Å². The fourth-order valence-electron chi connectivity index (χ4n) is 4.56. The summed E-state index contributed by atoms with van der Waals surface area (Å²) in [5.74, 6) is 0.840. The molecule has 1 aromatic rings. The largest absolute Gasteiger partial charge is 0.359 e. The van der Waals surface area contributed by atoms with Crippen LogP contribution in [0.25, 0.3) is 0 Å². The first-order valence-corrected chi connectivity index (χ1v) is 10.6. The van der Waals surface area contributed by atoms with Crippen molar-refractivity contribution in [2.45, 2.75) is 50.0 Å². The highest BCUT2D eigenvalue weighted by molar-refractivity contribution is 5.80. The number of amides is 1. The van der Waals surface area contributed by atoms with Gasteiger partial charge in [-0.1, -0.05) is 30.3 Å². The molecule has 0 bridgehead atoms. The molecule has 0 aromatic heterocycles. The fraction of sp³-hybridized carbons (Fsp3) is 0.591. The molecule has 0 atom stereocenters. The van der Waals surface area contributed by atoms with Crippen molar-refractivity contribution in [3.05, 3.63) is 35.9 Å². The van der Waals surface area contributed by atoms with E-state index in [0.717, 1.165) is 51.6 Å². The molecule has 7 heteroatoms. The van der Waals surface area contributed by atoms with E-state index in [0.29, 0.717) is 12.5 Å². The standard InChI is InChI=1S/C22H32N6O/c1-24-21(27-16-23)28-19-7-11-22(12-8-19,18-5-3-2-4-6-18)15-26-20(29)17-9-13-25-14-10-17/h2-6,17,19,25H,7-15H2,1H3,(H,26,29)(H2,24,27,28)/t19-,22-. The van der Waals surface area contributed by atoms with Crippen molar-refractivity contribution in [3.63, 3.8) is 0 Å². The Labute approximate surface area is 173 Å². The first-order valence-electron chi connectivity index (χ1n) is 10.6. The van der Waals surface area contributed by atoms with Crippen LogP contribution in [-0.4, -0.2) is 44.6 Å². The van der Waals surface area contributed by atoms with E-state index in [-0.39, 0.29) is 23.3 Å². The summed E-state index contributed by atoms with van der Waals surface area (Å²) in [6.07, 6.45) is 7.54. The van der Waals surface area contributed by atoms with Crippen LogP contribution in [0.4, 0.5) is 0 Å². The van der Waals surface area contributed by atoms with Gasteiger partial charge in [-0.15, -0.1) is 4.99 Å². The maximum Gasteiger partial charge on any atom is 0.223 e. The van der Waals surface area contributed by atoms with Crippen molar-refractivity contribution in [1.29, 1.82) is 5.26 Å². The summed E-state index contributed by atoms with van der Waals surface area (Å²) in [5, 5.41) is 21.7. The van der Waals surface area contributed by atoms with Gasteiger partial charge in [0.15, 0.2) is 0 Å². The highest BCUT2D eigenvalue weighted by Crippen LogP contribution is 2.39. The number of hydrogen-bond donors (Lipinski definition) is 4. The first-order chi connectivity index (χ1) is 14.2. The van der Waals surface area contributed by atoms with Crippen LogP contribution in [0, 0.1) is 17.4 Å². The number of nitrogens with zero attached hydrogens (tertiary/aromatic N) is 2. The molecule has 7 nitrogen and oxygen atoms in total. The second-order valence-corrected chi connectivity index (χ2v) is 8.12. The number of guanidine groups is 1. The van der Waals surface area contributed by atoms with Crippen molar-refractivity contribution in [2.24, 2.45) is 10.9 Å². The molecule has 3 rings (SSSR count). The van der Waals surface area contributed by atoms with Gasteiger partial charge in [-0.2, -0.15) is 5.26 Å². The van der Waals surface area contributed by atoms with Gasteiger partial charge in [0.25, 0.3) is 0 Å². The van der Waals surface area contributed by atoms with E-state index < -0.39 is 0 Å². The fourth-order valence-corrected chi connectivity index (χ4v) is 4.56. The van der Waals surface area contributed by atoms with Gasteiger partial charge in [0.05, 0.1) is 0 Å². The molecule has 1 heterocycles. The van der Waals surface area contributed by atoms with Gasteiger partial charge in [0.2, 0.25) is 18.1 Å². The second kappa shape index (κ2) is 10.3. The number of rotatable bonds is 5. The third-order valence-electron chi connectivity index (χ3n) is 6.38. The van der Waals surface area contributed by atoms with Gasteiger partial charge in [0, 0.05) is 31.0 Å². The summed E-state index contributed by atoms with van der Waals surface area (Å²) in [4.78, 5) is 16.5. The third-order valence-corrected chi connectivity index (χ3v) is 6.38. The zero-order valence-corrected chi connectivity index (χ0v) is 17.2. The van der Waals surface area contributed by atoms with Crippen molar-refractivity contribution in [3.8, 4) is 6.19 Å². The first kappa shape index (κ1) is 21.1. The summed E-state index contributed by atoms with van der Waals surface area (Å²) < 4.78 is 0. The molecule has 1 aliphatic heterocycles. The van der Waals surface area contributed by atoms with E-state index in [1.54, 1.807) is 7.05 Å². The molecule has 1 saturated carbocycles. The zero-order chi connectivity index (χ0) is 20.5. The Hall–Kier alpha value is -2.59. The van der Waals surface area contributed by atoms with Crippen LogP contribution in [0.2, 0.25) is 0 Å². The number of benzene rings is 1. The highest BCUT2D eigenvalue weighted by atomic mass is 16.1. The highest BCUT2D eigenvalue weighted by Gasteiger charge is 2.38. The van der Waals surface area contributed by atoms with Crippen molar-refractivity contribution < 1.29 is 4.79 Å². The minimum atomic E-state index is -0.0474. The Bertz CT molecular complexity index is 727. The lowest BCUT2D eigenvalue weighted by atomic mass is 9.68. The summed E-state index contributed by atoms with van der Waals surface area (Å²) >= 11 is 0. The van der Waals surface area contributed by atoms with Crippen molar-refractivity contribution >= 4 is 11.9 Å². The Balaban J connectivity index is 1.66. The van der Waals surface area contributed by atoms with Gasteiger partial charge in [-0.05, 0) is 57.2 Å². The van der Waals surface area contributed by atoms with E-state index in [1.165, 1.54) is 5.56 Å². The quantitative estimate of drug-likeness (QED) is 0.344. The topological polar surface area (TPSA) is 101 Å². The molecule has 0 unspecified atom stereocenters. The van der Waals surface area contributed by atoms with Gasteiger partial charge in [-0.25, -0.2) is 0 Å². The van der Waals surface area contributed by atoms with Crippen molar-refractivity contribution in [1.82, 2.24) is 21.3 Å². The molecule has 0 spiro atoms. The summed E-state index contributed by atoms with van der Waals surface area (Å²) in [6.45, 7) is 2.53. The van der Waals surface area contributed by atoms with E-state index >= 15 is 0 Å². The van der Waals surface area contributed by atoms with Crippen LogP contribution in [0.1, 0.15) is 44.1 Å². The zero-order valence-electron chi connectivity index (χ0n) is 17.2. The number of piperidine rings is 1. The molecular formula is C22H32N6O.